The van der Waals surface area contributed by atoms with Crippen LogP contribution in [-0.2, 0) is 10.2 Å². The third-order valence-corrected chi connectivity index (χ3v) is 5.20. The standard InChI is InChI=1S/C17H21BrN2O/c18-15-4-2-14(3-5-15)17(8-1-9-17)16(21)20-12-13-6-10-19-11-7-13/h2-6,19H,1,7-12H2,(H,20,21). The minimum absolute atomic E-state index is 0.190. The Bertz CT molecular complexity index is 546. The van der Waals surface area contributed by atoms with Crippen molar-refractivity contribution in [1.82, 2.24) is 10.6 Å². The molecule has 1 aliphatic heterocycles. The zero-order chi connectivity index (χ0) is 14.7. The van der Waals surface area contributed by atoms with Gasteiger partial charge < -0.3 is 10.6 Å². The fourth-order valence-electron chi connectivity index (χ4n) is 3.14. The quantitative estimate of drug-likeness (QED) is 0.821. The molecule has 2 N–H and O–H groups in total. The Morgan fingerprint density at radius 1 is 1.29 bits per heavy atom. The van der Waals surface area contributed by atoms with Gasteiger partial charge in [0.15, 0.2) is 0 Å². The molecule has 21 heavy (non-hydrogen) atoms. The molecule has 0 atom stereocenters. The molecule has 1 aliphatic carbocycles. The first kappa shape index (κ1) is 14.8. The van der Waals surface area contributed by atoms with Gasteiger partial charge in [-0.3, -0.25) is 4.79 Å². The SMILES string of the molecule is O=C(NCC1=CCNCC1)C1(c2ccc(Br)cc2)CCC1. The third-order valence-electron chi connectivity index (χ3n) is 4.67. The summed E-state index contributed by atoms with van der Waals surface area (Å²) in [5.41, 5.74) is 2.19. The molecular weight excluding hydrogens is 328 g/mol. The average molecular weight is 349 g/mol. The van der Waals surface area contributed by atoms with Crippen LogP contribution in [0.4, 0.5) is 0 Å². The minimum atomic E-state index is -0.297. The Balaban J connectivity index is 1.69. The van der Waals surface area contributed by atoms with Crippen molar-refractivity contribution < 1.29 is 4.79 Å². The number of hydrogen-bond acceptors (Lipinski definition) is 2. The molecule has 0 spiro atoms. The summed E-state index contributed by atoms with van der Waals surface area (Å²) in [6, 6.07) is 8.20. The molecule has 0 bridgehead atoms. The predicted octanol–water partition coefficient (Wildman–Crippen LogP) is 2.91. The van der Waals surface area contributed by atoms with E-state index in [9.17, 15) is 4.79 Å². The van der Waals surface area contributed by atoms with E-state index in [-0.39, 0.29) is 11.3 Å². The summed E-state index contributed by atoms with van der Waals surface area (Å²) in [4.78, 5) is 12.7. The van der Waals surface area contributed by atoms with Gasteiger partial charge in [0.2, 0.25) is 5.91 Å². The van der Waals surface area contributed by atoms with Crippen LogP contribution in [0.1, 0.15) is 31.2 Å². The molecule has 0 saturated heterocycles. The van der Waals surface area contributed by atoms with Gasteiger partial charge in [-0.15, -0.1) is 0 Å². The lowest BCUT2D eigenvalue weighted by Crippen LogP contribution is -2.49. The lowest BCUT2D eigenvalue weighted by molar-refractivity contribution is -0.129. The molecule has 2 aliphatic rings. The molecule has 0 radical (unpaired) electrons. The summed E-state index contributed by atoms with van der Waals surface area (Å²) in [6.45, 7) is 2.63. The molecule has 3 nitrogen and oxygen atoms in total. The zero-order valence-corrected chi connectivity index (χ0v) is 13.7. The number of carbonyl (C=O) groups is 1. The van der Waals surface area contributed by atoms with Gasteiger partial charge in [0, 0.05) is 17.6 Å². The molecule has 1 saturated carbocycles. The number of amides is 1. The van der Waals surface area contributed by atoms with Gasteiger partial charge in [-0.05, 0) is 43.5 Å². The molecule has 112 valence electrons. The van der Waals surface area contributed by atoms with Crippen molar-refractivity contribution in [3.63, 3.8) is 0 Å². The normalized spacial score (nSPS) is 20.3. The second-order valence-corrected chi connectivity index (χ2v) is 6.86. The van der Waals surface area contributed by atoms with E-state index in [4.69, 9.17) is 0 Å². The molecule has 1 aromatic rings. The summed E-state index contributed by atoms with van der Waals surface area (Å²) in [5, 5.41) is 6.45. The number of rotatable bonds is 4. The highest BCUT2D eigenvalue weighted by Crippen LogP contribution is 2.44. The van der Waals surface area contributed by atoms with Crippen molar-refractivity contribution in [3.05, 3.63) is 46.0 Å². The van der Waals surface area contributed by atoms with Crippen LogP contribution in [-0.4, -0.2) is 25.5 Å². The highest BCUT2D eigenvalue weighted by molar-refractivity contribution is 9.10. The van der Waals surface area contributed by atoms with Crippen LogP contribution in [0, 0.1) is 0 Å². The molecule has 3 rings (SSSR count). The van der Waals surface area contributed by atoms with Crippen LogP contribution in [0.3, 0.4) is 0 Å². The number of carbonyl (C=O) groups excluding carboxylic acids is 1. The van der Waals surface area contributed by atoms with Crippen LogP contribution in [0.15, 0.2) is 40.4 Å². The van der Waals surface area contributed by atoms with Gasteiger partial charge in [-0.1, -0.05) is 46.1 Å². The smallest absolute Gasteiger partial charge is 0.230 e. The van der Waals surface area contributed by atoms with Crippen LogP contribution in [0.5, 0.6) is 0 Å². The largest absolute Gasteiger partial charge is 0.352 e. The summed E-state index contributed by atoms with van der Waals surface area (Å²) in [6.07, 6.45) is 6.28. The summed E-state index contributed by atoms with van der Waals surface area (Å²) < 4.78 is 1.06. The summed E-state index contributed by atoms with van der Waals surface area (Å²) >= 11 is 3.46. The molecule has 0 unspecified atom stereocenters. The Morgan fingerprint density at radius 3 is 2.62 bits per heavy atom. The van der Waals surface area contributed by atoms with E-state index in [1.54, 1.807) is 0 Å². The van der Waals surface area contributed by atoms with E-state index >= 15 is 0 Å². The van der Waals surface area contributed by atoms with Crippen molar-refractivity contribution >= 4 is 21.8 Å². The van der Waals surface area contributed by atoms with E-state index in [0.717, 1.165) is 48.8 Å². The summed E-state index contributed by atoms with van der Waals surface area (Å²) in [5.74, 6) is 0.190. The van der Waals surface area contributed by atoms with Gasteiger partial charge >= 0.3 is 0 Å². The Hall–Kier alpha value is -1.13. The highest BCUT2D eigenvalue weighted by Gasteiger charge is 2.45. The molecule has 0 aromatic heterocycles. The lowest BCUT2D eigenvalue weighted by Gasteiger charge is -2.41. The van der Waals surface area contributed by atoms with Crippen molar-refractivity contribution in [2.75, 3.05) is 19.6 Å². The topological polar surface area (TPSA) is 41.1 Å². The van der Waals surface area contributed by atoms with Crippen molar-refractivity contribution in [2.24, 2.45) is 0 Å². The van der Waals surface area contributed by atoms with Crippen LogP contribution in [0.2, 0.25) is 0 Å². The van der Waals surface area contributed by atoms with Crippen molar-refractivity contribution in [2.45, 2.75) is 31.1 Å². The van der Waals surface area contributed by atoms with E-state index in [0.29, 0.717) is 6.54 Å². The first-order valence-corrected chi connectivity index (χ1v) is 8.43. The van der Waals surface area contributed by atoms with E-state index < -0.39 is 0 Å². The first-order chi connectivity index (χ1) is 10.2. The fraction of sp³-hybridized carbons (Fsp3) is 0.471. The fourth-order valence-corrected chi connectivity index (χ4v) is 3.40. The van der Waals surface area contributed by atoms with E-state index in [2.05, 4.69) is 44.8 Å². The summed E-state index contributed by atoms with van der Waals surface area (Å²) in [7, 11) is 0. The number of hydrogen-bond donors (Lipinski definition) is 2. The van der Waals surface area contributed by atoms with Crippen LogP contribution in [0.25, 0.3) is 0 Å². The Labute approximate surface area is 134 Å². The minimum Gasteiger partial charge on any atom is -0.352 e. The third kappa shape index (κ3) is 3.06. The maximum atomic E-state index is 12.7. The second kappa shape index (κ2) is 6.32. The molecular formula is C17H21BrN2O. The van der Waals surface area contributed by atoms with E-state index in [1.807, 2.05) is 12.1 Å². The Kier molecular flexibility index (Phi) is 4.45. The predicted molar refractivity (Wildman–Crippen MR) is 88.3 cm³/mol. The monoisotopic (exact) mass is 348 g/mol. The molecule has 1 fully saturated rings. The van der Waals surface area contributed by atoms with Crippen molar-refractivity contribution in [1.29, 1.82) is 0 Å². The molecule has 1 amide bonds. The van der Waals surface area contributed by atoms with Gasteiger partial charge in [-0.2, -0.15) is 0 Å². The molecule has 1 heterocycles. The maximum absolute atomic E-state index is 12.7. The van der Waals surface area contributed by atoms with Crippen LogP contribution < -0.4 is 10.6 Å². The Morgan fingerprint density at radius 2 is 2.05 bits per heavy atom. The van der Waals surface area contributed by atoms with Crippen molar-refractivity contribution in [3.8, 4) is 0 Å². The molecule has 4 heteroatoms. The second-order valence-electron chi connectivity index (χ2n) is 5.94. The van der Waals surface area contributed by atoms with Gasteiger partial charge in [0.05, 0.1) is 5.41 Å². The van der Waals surface area contributed by atoms with Gasteiger partial charge in [0.25, 0.3) is 0 Å². The molecule has 1 aromatic carbocycles. The van der Waals surface area contributed by atoms with Crippen LogP contribution >= 0.6 is 15.9 Å². The van der Waals surface area contributed by atoms with Gasteiger partial charge in [-0.25, -0.2) is 0 Å². The number of benzene rings is 1. The average Bonchev–Trinajstić information content (AvgIpc) is 2.47. The van der Waals surface area contributed by atoms with E-state index in [1.165, 1.54) is 5.57 Å². The highest BCUT2D eigenvalue weighted by atomic mass is 79.9. The number of nitrogens with one attached hydrogen (secondary N) is 2. The lowest BCUT2D eigenvalue weighted by atomic mass is 9.64. The first-order valence-electron chi connectivity index (χ1n) is 7.64. The maximum Gasteiger partial charge on any atom is 0.230 e. The number of halogens is 1. The van der Waals surface area contributed by atoms with Gasteiger partial charge in [0.1, 0.15) is 0 Å². The zero-order valence-electron chi connectivity index (χ0n) is 12.1.